The van der Waals surface area contributed by atoms with Gasteiger partial charge < -0.3 is 14.7 Å². The van der Waals surface area contributed by atoms with Gasteiger partial charge in [0.25, 0.3) is 5.91 Å². The van der Waals surface area contributed by atoms with Gasteiger partial charge in [-0.1, -0.05) is 22.9 Å². The minimum atomic E-state index is -1.08. The Morgan fingerprint density at radius 2 is 2.24 bits per heavy atom. The number of carbonyl (C=O) groups excluding carboxylic acids is 1. The van der Waals surface area contributed by atoms with E-state index in [1.807, 2.05) is 0 Å². The van der Waals surface area contributed by atoms with E-state index in [9.17, 15) is 9.59 Å². The van der Waals surface area contributed by atoms with Crippen molar-refractivity contribution in [3.8, 4) is 5.75 Å². The van der Waals surface area contributed by atoms with Gasteiger partial charge in [0.05, 0.1) is 0 Å². The molecule has 6 heteroatoms. The molecule has 1 fully saturated rings. The number of likely N-dealkylation sites (tertiary alicyclic amines) is 1. The van der Waals surface area contributed by atoms with Crippen molar-refractivity contribution in [1.82, 2.24) is 4.90 Å². The fraction of sp³-hybridized carbons (Fsp3) is 0.467. The number of piperidine rings is 1. The highest BCUT2D eigenvalue weighted by Gasteiger charge is 2.22. The molecule has 1 unspecified atom stereocenters. The molecule has 1 aliphatic heterocycles. The zero-order chi connectivity index (χ0) is 15.4. The van der Waals surface area contributed by atoms with Crippen LogP contribution in [0, 0.1) is 5.92 Å². The van der Waals surface area contributed by atoms with Gasteiger partial charge in [0, 0.05) is 17.6 Å². The van der Waals surface area contributed by atoms with Gasteiger partial charge in [-0.25, -0.2) is 4.79 Å². The lowest BCUT2D eigenvalue weighted by molar-refractivity contribution is -0.135. The number of carboxylic acids is 1. The lowest BCUT2D eigenvalue weighted by atomic mass is 10.0. The molecular weight excluding hydrogens is 338 g/mol. The molecule has 114 valence electrons. The van der Waals surface area contributed by atoms with Crippen LogP contribution in [0.25, 0.3) is 0 Å². The van der Waals surface area contributed by atoms with Crippen molar-refractivity contribution in [2.75, 3.05) is 19.7 Å². The molecule has 1 amide bonds. The molecule has 0 saturated carbocycles. The Morgan fingerprint density at radius 3 is 2.90 bits per heavy atom. The van der Waals surface area contributed by atoms with Gasteiger partial charge in [-0.2, -0.15) is 0 Å². The summed E-state index contributed by atoms with van der Waals surface area (Å²) in [5, 5.41) is 9.14. The second-order valence-electron chi connectivity index (χ2n) is 5.32. The van der Waals surface area contributed by atoms with Crippen LogP contribution in [0.5, 0.6) is 5.75 Å². The number of hydrogen-bond acceptors (Lipinski definition) is 3. The zero-order valence-corrected chi connectivity index (χ0v) is 13.4. The normalized spacial score (nSPS) is 18.4. The third kappa shape index (κ3) is 4.20. The van der Waals surface area contributed by atoms with Gasteiger partial charge in [0.15, 0.2) is 6.61 Å². The highest BCUT2D eigenvalue weighted by Crippen LogP contribution is 2.23. The predicted octanol–water partition coefficient (Wildman–Crippen LogP) is 2.78. The summed E-state index contributed by atoms with van der Waals surface area (Å²) in [4.78, 5) is 25.1. The number of benzene rings is 1. The van der Waals surface area contributed by atoms with Crippen molar-refractivity contribution in [3.63, 3.8) is 0 Å². The summed E-state index contributed by atoms with van der Waals surface area (Å²) in [5.74, 6) is -0.458. The second kappa shape index (κ2) is 6.93. The molecule has 1 aliphatic rings. The molecule has 1 aromatic rings. The summed E-state index contributed by atoms with van der Waals surface area (Å²) in [5.41, 5.74) is 0.0455. The molecule has 0 aromatic heterocycles. The van der Waals surface area contributed by atoms with Crippen molar-refractivity contribution < 1.29 is 19.4 Å². The Bertz CT molecular complexity index is 546. The predicted molar refractivity (Wildman–Crippen MR) is 81.6 cm³/mol. The van der Waals surface area contributed by atoms with Gasteiger partial charge >= 0.3 is 5.97 Å². The van der Waals surface area contributed by atoms with E-state index in [2.05, 4.69) is 22.9 Å². The minimum Gasteiger partial charge on any atom is -0.483 e. The van der Waals surface area contributed by atoms with Crippen LogP contribution in [0.4, 0.5) is 0 Å². The van der Waals surface area contributed by atoms with E-state index >= 15 is 0 Å². The third-order valence-electron chi connectivity index (χ3n) is 3.53. The molecule has 21 heavy (non-hydrogen) atoms. The van der Waals surface area contributed by atoms with E-state index in [0.717, 1.165) is 25.9 Å². The number of nitrogens with zero attached hydrogens (tertiary/aromatic N) is 1. The second-order valence-corrected chi connectivity index (χ2v) is 6.24. The molecule has 0 spiro atoms. The summed E-state index contributed by atoms with van der Waals surface area (Å²) in [6.07, 6.45) is 2.14. The number of rotatable bonds is 4. The van der Waals surface area contributed by atoms with Crippen LogP contribution >= 0.6 is 15.9 Å². The minimum absolute atomic E-state index is 0.0455. The van der Waals surface area contributed by atoms with Crippen molar-refractivity contribution in [1.29, 1.82) is 0 Å². The van der Waals surface area contributed by atoms with Crippen LogP contribution in [0.1, 0.15) is 30.1 Å². The first kappa shape index (κ1) is 15.8. The average Bonchev–Trinajstić information content (AvgIpc) is 2.45. The Kier molecular flexibility index (Phi) is 5.22. The Labute approximate surface area is 132 Å². The maximum atomic E-state index is 12.1. The van der Waals surface area contributed by atoms with Crippen LogP contribution in [0.15, 0.2) is 22.7 Å². The number of hydrogen-bond donors (Lipinski definition) is 1. The maximum Gasteiger partial charge on any atom is 0.339 e. The Balaban J connectivity index is 1.99. The van der Waals surface area contributed by atoms with E-state index in [1.165, 1.54) is 6.07 Å². The summed E-state index contributed by atoms with van der Waals surface area (Å²) in [6.45, 7) is 3.49. The number of carbonyl (C=O) groups is 2. The van der Waals surface area contributed by atoms with Crippen molar-refractivity contribution in [2.45, 2.75) is 19.8 Å². The fourth-order valence-corrected chi connectivity index (χ4v) is 2.80. The zero-order valence-electron chi connectivity index (χ0n) is 11.8. The molecule has 5 nitrogen and oxygen atoms in total. The number of aromatic carboxylic acids is 1. The summed E-state index contributed by atoms with van der Waals surface area (Å²) < 4.78 is 6.07. The van der Waals surface area contributed by atoms with E-state index < -0.39 is 5.97 Å². The van der Waals surface area contributed by atoms with Crippen LogP contribution < -0.4 is 4.74 Å². The van der Waals surface area contributed by atoms with Crippen LogP contribution in [0.3, 0.4) is 0 Å². The quantitative estimate of drug-likeness (QED) is 0.901. The molecule has 1 aromatic carbocycles. The first-order chi connectivity index (χ1) is 9.97. The van der Waals surface area contributed by atoms with Crippen molar-refractivity contribution >= 4 is 27.8 Å². The SMILES string of the molecule is CC1CCCN(C(=O)COc2ccc(Br)cc2C(=O)O)C1. The molecular formula is C15H18BrNO4. The largest absolute Gasteiger partial charge is 0.483 e. The van der Waals surface area contributed by atoms with Gasteiger partial charge in [-0.05, 0) is 37.0 Å². The van der Waals surface area contributed by atoms with Crippen LogP contribution in [-0.2, 0) is 4.79 Å². The first-order valence-electron chi connectivity index (χ1n) is 6.91. The van der Waals surface area contributed by atoms with Gasteiger partial charge in [-0.15, -0.1) is 0 Å². The molecule has 0 aliphatic carbocycles. The molecule has 0 bridgehead atoms. The van der Waals surface area contributed by atoms with Crippen molar-refractivity contribution in [2.24, 2.45) is 5.92 Å². The monoisotopic (exact) mass is 355 g/mol. The van der Waals surface area contributed by atoms with Crippen molar-refractivity contribution in [3.05, 3.63) is 28.2 Å². The average molecular weight is 356 g/mol. The van der Waals surface area contributed by atoms with Crippen LogP contribution in [0.2, 0.25) is 0 Å². The number of carboxylic acid groups (broad SMARTS) is 1. The van der Waals surface area contributed by atoms with E-state index in [1.54, 1.807) is 17.0 Å². The smallest absolute Gasteiger partial charge is 0.339 e. The molecule has 1 saturated heterocycles. The summed E-state index contributed by atoms with van der Waals surface area (Å²) in [6, 6.07) is 4.71. The van der Waals surface area contributed by atoms with Gasteiger partial charge in [-0.3, -0.25) is 4.79 Å². The van der Waals surface area contributed by atoms with E-state index in [0.29, 0.717) is 10.4 Å². The fourth-order valence-electron chi connectivity index (χ4n) is 2.44. The number of halogens is 1. The maximum absolute atomic E-state index is 12.1. The molecule has 1 heterocycles. The van der Waals surface area contributed by atoms with Gasteiger partial charge in [0.2, 0.25) is 0 Å². The summed E-state index contributed by atoms with van der Waals surface area (Å²) in [7, 11) is 0. The van der Waals surface area contributed by atoms with Gasteiger partial charge in [0.1, 0.15) is 11.3 Å². The lowest BCUT2D eigenvalue weighted by Gasteiger charge is -2.30. The summed E-state index contributed by atoms with van der Waals surface area (Å²) >= 11 is 3.22. The molecule has 1 N–H and O–H groups in total. The van der Waals surface area contributed by atoms with Crippen LogP contribution in [-0.4, -0.2) is 41.6 Å². The molecule has 0 radical (unpaired) electrons. The highest BCUT2D eigenvalue weighted by atomic mass is 79.9. The standard InChI is InChI=1S/C15H18BrNO4/c1-10-3-2-6-17(8-10)14(18)9-21-13-5-4-11(16)7-12(13)15(19)20/h4-5,7,10H,2-3,6,8-9H2,1H3,(H,19,20). The highest BCUT2D eigenvalue weighted by molar-refractivity contribution is 9.10. The third-order valence-corrected chi connectivity index (χ3v) is 4.03. The topological polar surface area (TPSA) is 66.8 Å². The van der Waals surface area contributed by atoms with E-state index in [4.69, 9.17) is 9.84 Å². The molecule has 2 rings (SSSR count). The number of ether oxygens (including phenoxy) is 1. The van der Waals surface area contributed by atoms with E-state index in [-0.39, 0.29) is 23.8 Å². The Hall–Kier alpha value is -1.56. The first-order valence-corrected chi connectivity index (χ1v) is 7.70. The number of amides is 1. The Morgan fingerprint density at radius 1 is 1.48 bits per heavy atom. The lowest BCUT2D eigenvalue weighted by Crippen LogP contribution is -2.41. The molecule has 1 atom stereocenters.